The van der Waals surface area contributed by atoms with E-state index in [-0.39, 0.29) is 0 Å². The van der Waals surface area contributed by atoms with Gasteiger partial charge in [0.05, 0.1) is 0 Å². The minimum absolute atomic E-state index is 0.741. The maximum atomic E-state index is 5.75. The van der Waals surface area contributed by atoms with Crippen LogP contribution in [0.5, 0.6) is 5.75 Å². The van der Waals surface area contributed by atoms with E-state index < -0.39 is 18.4 Å². The third-order valence-corrected chi connectivity index (χ3v) is 19.7. The Morgan fingerprint density at radius 3 is 1.91 bits per heavy atom. The molecule has 0 aliphatic heterocycles. The standard InChI is InChI=1S/C7H8NO.3C4H9.Sn/c1-2-9-7-3-5-8-6-4-7;3*1-3-4-2;/h3-5H,2H2,1H3;3*1,3-4H2,2H3;. The number of ether oxygens (including phenoxy) is 1. The van der Waals surface area contributed by atoms with Gasteiger partial charge < -0.3 is 0 Å². The van der Waals surface area contributed by atoms with Gasteiger partial charge in [0.25, 0.3) is 0 Å². The molecule has 126 valence electrons. The number of hydrogen-bond donors (Lipinski definition) is 0. The molecular weight excluding hydrogens is 377 g/mol. The first kappa shape index (κ1) is 19.8. The van der Waals surface area contributed by atoms with E-state index in [1.54, 1.807) is 0 Å². The Balaban J connectivity index is 3.09. The molecule has 0 amide bonds. The zero-order valence-electron chi connectivity index (χ0n) is 15.2. The van der Waals surface area contributed by atoms with Gasteiger partial charge in [-0.05, 0) is 0 Å². The number of rotatable bonds is 12. The van der Waals surface area contributed by atoms with Crippen LogP contribution in [0.3, 0.4) is 0 Å². The Kier molecular flexibility index (Phi) is 10.2. The van der Waals surface area contributed by atoms with Crippen molar-refractivity contribution in [2.75, 3.05) is 6.61 Å². The summed E-state index contributed by atoms with van der Waals surface area (Å²) < 4.78 is 11.6. The molecule has 0 spiro atoms. The van der Waals surface area contributed by atoms with Gasteiger partial charge in [-0.25, -0.2) is 0 Å². The Hall–Kier alpha value is -0.251. The molecule has 0 N–H and O–H groups in total. The van der Waals surface area contributed by atoms with Crippen LogP contribution in [0.15, 0.2) is 18.3 Å². The number of pyridine rings is 1. The van der Waals surface area contributed by atoms with Gasteiger partial charge in [-0.2, -0.15) is 0 Å². The molecular formula is C19H35NOSn. The topological polar surface area (TPSA) is 22.1 Å². The van der Waals surface area contributed by atoms with Crippen LogP contribution in [0.4, 0.5) is 0 Å². The van der Waals surface area contributed by atoms with Gasteiger partial charge >= 0.3 is 142 Å². The van der Waals surface area contributed by atoms with Gasteiger partial charge in [0, 0.05) is 0 Å². The number of nitrogens with zero attached hydrogens (tertiary/aromatic N) is 1. The molecule has 0 aliphatic carbocycles. The molecule has 0 saturated heterocycles. The summed E-state index contributed by atoms with van der Waals surface area (Å²) in [5.74, 6) is 1.03. The van der Waals surface area contributed by atoms with Crippen LogP contribution in [-0.4, -0.2) is 30.0 Å². The van der Waals surface area contributed by atoms with Crippen LogP contribution in [0.1, 0.15) is 66.2 Å². The van der Waals surface area contributed by atoms with Crippen molar-refractivity contribution in [1.29, 1.82) is 0 Å². The second-order valence-corrected chi connectivity index (χ2v) is 19.5. The zero-order chi connectivity index (χ0) is 16.3. The third-order valence-electron chi connectivity index (χ3n) is 4.61. The Bertz CT molecular complexity index is 386. The summed E-state index contributed by atoms with van der Waals surface area (Å²) in [5, 5.41) is 0. The Morgan fingerprint density at radius 1 is 0.909 bits per heavy atom. The molecule has 0 saturated carbocycles. The summed E-state index contributed by atoms with van der Waals surface area (Å²) in [6.07, 6.45) is 10.0. The van der Waals surface area contributed by atoms with E-state index in [9.17, 15) is 0 Å². The number of unbranched alkanes of at least 4 members (excludes halogenated alkanes) is 3. The first-order chi connectivity index (χ1) is 10.7. The van der Waals surface area contributed by atoms with Crippen LogP contribution in [-0.2, 0) is 0 Å². The molecule has 0 aromatic carbocycles. The SMILES string of the molecule is CCC[CH2][Sn]([CH2]CCC)([CH2]CCC)[c]1cc(OCC)ccn1. The fourth-order valence-corrected chi connectivity index (χ4v) is 18.7. The van der Waals surface area contributed by atoms with Crippen LogP contribution in [0.25, 0.3) is 0 Å². The summed E-state index contributed by atoms with van der Waals surface area (Å²) in [6.45, 7) is 9.76. The normalized spacial score (nSPS) is 11.6. The van der Waals surface area contributed by atoms with Crippen molar-refractivity contribution in [3.8, 4) is 5.75 Å². The van der Waals surface area contributed by atoms with Crippen molar-refractivity contribution in [2.45, 2.75) is 79.5 Å². The average molecular weight is 412 g/mol. The maximum absolute atomic E-state index is 5.75. The summed E-state index contributed by atoms with van der Waals surface area (Å²) in [6, 6.07) is 4.31. The van der Waals surface area contributed by atoms with Crippen LogP contribution in [0, 0.1) is 0 Å². The molecule has 22 heavy (non-hydrogen) atoms. The molecule has 0 aliphatic rings. The second kappa shape index (κ2) is 11.3. The monoisotopic (exact) mass is 413 g/mol. The van der Waals surface area contributed by atoms with Gasteiger partial charge in [-0.3, -0.25) is 0 Å². The number of hydrogen-bond acceptors (Lipinski definition) is 2. The number of aromatic nitrogens is 1. The molecule has 0 unspecified atom stereocenters. The van der Waals surface area contributed by atoms with Gasteiger partial charge in [0.15, 0.2) is 0 Å². The predicted octanol–water partition coefficient (Wildman–Crippen LogP) is 5.54. The van der Waals surface area contributed by atoms with Crippen molar-refractivity contribution < 1.29 is 4.74 Å². The van der Waals surface area contributed by atoms with Gasteiger partial charge in [-0.1, -0.05) is 0 Å². The summed E-state index contributed by atoms with van der Waals surface area (Å²) in [5.41, 5.74) is 0. The molecule has 2 nitrogen and oxygen atoms in total. The fraction of sp³-hybridized carbons (Fsp3) is 0.737. The summed E-state index contributed by atoms with van der Waals surface area (Å²) in [4.78, 5) is 4.87. The predicted molar refractivity (Wildman–Crippen MR) is 99.9 cm³/mol. The third kappa shape index (κ3) is 6.09. The molecule has 0 radical (unpaired) electrons. The van der Waals surface area contributed by atoms with Gasteiger partial charge in [0.2, 0.25) is 0 Å². The molecule has 3 heteroatoms. The Morgan fingerprint density at radius 2 is 1.45 bits per heavy atom. The molecule has 0 atom stereocenters. The Labute approximate surface area is 141 Å². The van der Waals surface area contributed by atoms with Crippen molar-refractivity contribution in [3.63, 3.8) is 0 Å². The molecule has 0 fully saturated rings. The van der Waals surface area contributed by atoms with E-state index in [0.717, 1.165) is 12.4 Å². The van der Waals surface area contributed by atoms with Gasteiger partial charge in [0.1, 0.15) is 0 Å². The van der Waals surface area contributed by atoms with Crippen LogP contribution >= 0.6 is 0 Å². The van der Waals surface area contributed by atoms with E-state index >= 15 is 0 Å². The van der Waals surface area contributed by atoms with Crippen LogP contribution < -0.4 is 8.45 Å². The van der Waals surface area contributed by atoms with Crippen LogP contribution in [0.2, 0.25) is 13.3 Å². The van der Waals surface area contributed by atoms with Crippen molar-refractivity contribution in [1.82, 2.24) is 4.98 Å². The van der Waals surface area contributed by atoms with Crippen molar-refractivity contribution in [2.24, 2.45) is 0 Å². The van der Waals surface area contributed by atoms with Gasteiger partial charge in [-0.15, -0.1) is 0 Å². The van der Waals surface area contributed by atoms with E-state index in [1.807, 2.05) is 12.3 Å². The second-order valence-electron chi connectivity index (χ2n) is 6.40. The summed E-state index contributed by atoms with van der Waals surface area (Å²) >= 11 is -2.37. The summed E-state index contributed by atoms with van der Waals surface area (Å²) in [7, 11) is 0. The van der Waals surface area contributed by atoms with E-state index in [2.05, 4.69) is 33.8 Å². The minimum atomic E-state index is -2.37. The molecule has 1 heterocycles. The molecule has 1 aromatic heterocycles. The van der Waals surface area contributed by atoms with E-state index in [1.165, 1.54) is 55.5 Å². The fourth-order valence-electron chi connectivity index (χ4n) is 3.26. The molecule has 1 rings (SSSR count). The van der Waals surface area contributed by atoms with E-state index in [0.29, 0.717) is 0 Å². The first-order valence-corrected chi connectivity index (χ1v) is 16.8. The average Bonchev–Trinajstić information content (AvgIpc) is 2.55. The molecule has 0 bridgehead atoms. The first-order valence-electron chi connectivity index (χ1n) is 9.31. The van der Waals surface area contributed by atoms with Crippen molar-refractivity contribution in [3.05, 3.63) is 18.3 Å². The van der Waals surface area contributed by atoms with Crippen molar-refractivity contribution >= 4 is 22.1 Å². The zero-order valence-corrected chi connectivity index (χ0v) is 18.0. The quantitative estimate of drug-likeness (QED) is 0.421. The molecule has 1 aromatic rings. The van der Waals surface area contributed by atoms with E-state index in [4.69, 9.17) is 9.72 Å².